The lowest BCUT2D eigenvalue weighted by molar-refractivity contribution is 0.499. The molecule has 2 aliphatic heterocycles. The van der Waals surface area contributed by atoms with Gasteiger partial charge >= 0.3 is 0 Å². The minimum Gasteiger partial charge on any atom is -0.355 e. The highest BCUT2D eigenvalue weighted by Gasteiger charge is 2.08. The molecule has 2 rings (SSSR count). The van der Waals surface area contributed by atoms with Gasteiger partial charge in [0.2, 0.25) is 11.9 Å². The minimum absolute atomic E-state index is 0.799. The van der Waals surface area contributed by atoms with Gasteiger partial charge in [-0.3, -0.25) is 9.98 Å². The van der Waals surface area contributed by atoms with Crippen molar-refractivity contribution in [3.05, 3.63) is 0 Å². The normalized spacial score (nSPS) is 19.3. The van der Waals surface area contributed by atoms with Gasteiger partial charge in [-0.1, -0.05) is 0 Å². The maximum absolute atomic E-state index is 4.35. The van der Waals surface area contributed by atoms with E-state index in [2.05, 4.69) is 30.8 Å². The predicted molar refractivity (Wildman–Crippen MR) is 82.4 cm³/mol. The molecule has 0 spiro atoms. The third-order valence-electron chi connectivity index (χ3n) is 2.92. The van der Waals surface area contributed by atoms with Crippen molar-refractivity contribution in [1.82, 2.24) is 20.7 Å². The van der Waals surface area contributed by atoms with E-state index in [-0.39, 0.29) is 0 Å². The van der Waals surface area contributed by atoms with Crippen LogP contribution < -0.4 is 10.6 Å². The largest absolute Gasteiger partial charge is 0.355 e. The third-order valence-corrected chi connectivity index (χ3v) is 2.92. The number of nitrogens with zero attached hydrogens (tertiary/aromatic N) is 6. The van der Waals surface area contributed by atoms with Crippen LogP contribution in [-0.2, 0) is 0 Å². The molecule has 110 valence electrons. The lowest BCUT2D eigenvalue weighted by Gasteiger charge is -2.20. The summed E-state index contributed by atoms with van der Waals surface area (Å²) in [5.41, 5.74) is 0. The summed E-state index contributed by atoms with van der Waals surface area (Å²) in [5, 5.41) is 18.3. The van der Waals surface area contributed by atoms with E-state index in [1.807, 2.05) is 14.1 Å². The molecule has 8 nitrogen and oxygen atoms in total. The predicted octanol–water partition coefficient (Wildman–Crippen LogP) is -0.480. The van der Waals surface area contributed by atoms with Gasteiger partial charge in [0.05, 0.1) is 12.4 Å². The van der Waals surface area contributed by atoms with E-state index in [4.69, 9.17) is 0 Å². The zero-order valence-electron chi connectivity index (χ0n) is 12.1. The molecule has 2 aliphatic rings. The highest BCUT2D eigenvalue weighted by Crippen LogP contribution is 1.95. The molecule has 2 heterocycles. The molecular weight excluding hydrogens is 256 g/mol. The quantitative estimate of drug-likeness (QED) is 0.540. The van der Waals surface area contributed by atoms with Crippen LogP contribution in [0.15, 0.2) is 20.2 Å². The van der Waals surface area contributed by atoms with E-state index in [0.717, 1.165) is 50.9 Å². The smallest absolute Gasteiger partial charge is 0.214 e. The first-order valence-electron chi connectivity index (χ1n) is 6.88. The van der Waals surface area contributed by atoms with Crippen molar-refractivity contribution in [1.29, 1.82) is 0 Å². The summed E-state index contributed by atoms with van der Waals surface area (Å²) in [5.74, 6) is 1.60. The molecule has 0 fully saturated rings. The van der Waals surface area contributed by atoms with E-state index in [1.54, 1.807) is 22.4 Å². The summed E-state index contributed by atoms with van der Waals surface area (Å²) < 4.78 is 0. The molecule has 20 heavy (non-hydrogen) atoms. The van der Waals surface area contributed by atoms with Gasteiger partial charge in [0.1, 0.15) is 0 Å². The summed E-state index contributed by atoms with van der Waals surface area (Å²) in [4.78, 5) is 8.70. The summed E-state index contributed by atoms with van der Waals surface area (Å²) in [6.45, 7) is 3.59. The van der Waals surface area contributed by atoms with Gasteiger partial charge in [-0.2, -0.15) is 10.2 Å². The average molecular weight is 278 g/mol. The van der Waals surface area contributed by atoms with Crippen molar-refractivity contribution >= 4 is 24.3 Å². The first-order chi connectivity index (χ1) is 9.77. The maximum atomic E-state index is 4.35. The van der Waals surface area contributed by atoms with Gasteiger partial charge in [0, 0.05) is 40.3 Å². The van der Waals surface area contributed by atoms with Crippen molar-refractivity contribution in [3.63, 3.8) is 0 Å². The Kier molecular flexibility index (Phi) is 5.33. The SMILES string of the molecule is CN(/N=C\C=N\N(C)C1=NCCCN1)C1=NCCCN1. The molecule has 2 N–H and O–H groups in total. The van der Waals surface area contributed by atoms with Crippen molar-refractivity contribution in [2.75, 3.05) is 40.3 Å². The average Bonchev–Trinajstić information content (AvgIpc) is 2.53. The van der Waals surface area contributed by atoms with Gasteiger partial charge in [-0.15, -0.1) is 0 Å². The Balaban J connectivity index is 1.81. The van der Waals surface area contributed by atoms with Crippen LogP contribution in [-0.4, -0.2) is 74.6 Å². The Morgan fingerprint density at radius 2 is 1.35 bits per heavy atom. The van der Waals surface area contributed by atoms with Crippen LogP contribution in [0.2, 0.25) is 0 Å². The zero-order valence-corrected chi connectivity index (χ0v) is 12.1. The highest BCUT2D eigenvalue weighted by atomic mass is 15.5. The standard InChI is InChI=1S/C12H22N8/c1-19(11-13-5-3-6-14-11)17-9-10-18-20(2)12-15-7-4-8-16-12/h9-10H,3-8H2,1-2H3,(H,13,14)(H,15,16)/b17-9-,18-10+. The summed E-state index contributed by atoms with van der Waals surface area (Å²) in [6.07, 6.45) is 5.42. The van der Waals surface area contributed by atoms with Crippen LogP contribution >= 0.6 is 0 Å². The molecule has 0 saturated heterocycles. The van der Waals surface area contributed by atoms with Crippen LogP contribution in [0.1, 0.15) is 12.8 Å². The van der Waals surface area contributed by atoms with Crippen LogP contribution in [0, 0.1) is 0 Å². The fourth-order valence-electron chi connectivity index (χ4n) is 1.84. The van der Waals surface area contributed by atoms with E-state index in [0.29, 0.717) is 0 Å². The molecule has 0 aromatic rings. The molecule has 0 aromatic heterocycles. The summed E-state index contributed by atoms with van der Waals surface area (Å²) in [6, 6.07) is 0. The number of rotatable bonds is 3. The van der Waals surface area contributed by atoms with E-state index in [1.165, 1.54) is 0 Å². The molecule has 0 saturated carbocycles. The van der Waals surface area contributed by atoms with Crippen LogP contribution in [0.4, 0.5) is 0 Å². The molecule has 0 bridgehead atoms. The van der Waals surface area contributed by atoms with Crippen LogP contribution in [0.25, 0.3) is 0 Å². The van der Waals surface area contributed by atoms with Crippen LogP contribution in [0.3, 0.4) is 0 Å². The van der Waals surface area contributed by atoms with Gasteiger partial charge in [0.25, 0.3) is 0 Å². The Morgan fingerprint density at radius 1 is 0.900 bits per heavy atom. The fraction of sp³-hybridized carbons (Fsp3) is 0.667. The summed E-state index contributed by atoms with van der Waals surface area (Å²) in [7, 11) is 3.72. The van der Waals surface area contributed by atoms with Crippen molar-refractivity contribution in [3.8, 4) is 0 Å². The lowest BCUT2D eigenvalue weighted by Crippen LogP contribution is -2.39. The van der Waals surface area contributed by atoms with E-state index < -0.39 is 0 Å². The number of aliphatic imine (C=N–C) groups is 2. The first-order valence-corrected chi connectivity index (χ1v) is 6.88. The molecule has 0 aliphatic carbocycles. The minimum atomic E-state index is 0.799. The summed E-state index contributed by atoms with van der Waals surface area (Å²) >= 11 is 0. The second-order valence-corrected chi connectivity index (χ2v) is 4.55. The van der Waals surface area contributed by atoms with Gasteiger partial charge < -0.3 is 10.6 Å². The molecule has 0 unspecified atom stereocenters. The Morgan fingerprint density at radius 3 is 1.70 bits per heavy atom. The molecule has 0 amide bonds. The second kappa shape index (κ2) is 7.46. The number of hydrogen-bond donors (Lipinski definition) is 2. The molecular formula is C12H22N8. The maximum Gasteiger partial charge on any atom is 0.214 e. The number of hydrogen-bond acceptors (Lipinski definition) is 8. The third kappa shape index (κ3) is 4.22. The number of nitrogens with one attached hydrogen (secondary N) is 2. The van der Waals surface area contributed by atoms with Crippen molar-refractivity contribution in [2.45, 2.75) is 12.8 Å². The lowest BCUT2D eigenvalue weighted by atomic mass is 10.4. The molecule has 0 aromatic carbocycles. The van der Waals surface area contributed by atoms with E-state index in [9.17, 15) is 0 Å². The Labute approximate surface area is 119 Å². The van der Waals surface area contributed by atoms with Gasteiger partial charge in [-0.25, -0.2) is 10.0 Å². The highest BCUT2D eigenvalue weighted by molar-refractivity contribution is 6.16. The molecule has 0 atom stereocenters. The molecule has 8 heteroatoms. The molecule has 0 radical (unpaired) electrons. The Hall–Kier alpha value is -2.12. The van der Waals surface area contributed by atoms with Crippen molar-refractivity contribution < 1.29 is 0 Å². The number of hydrazone groups is 2. The fourth-order valence-corrected chi connectivity index (χ4v) is 1.84. The van der Waals surface area contributed by atoms with Gasteiger partial charge in [-0.05, 0) is 12.8 Å². The second-order valence-electron chi connectivity index (χ2n) is 4.55. The first kappa shape index (κ1) is 14.3. The number of guanidine groups is 2. The van der Waals surface area contributed by atoms with E-state index >= 15 is 0 Å². The van der Waals surface area contributed by atoms with Gasteiger partial charge in [0.15, 0.2) is 0 Å². The zero-order chi connectivity index (χ0) is 14.2. The van der Waals surface area contributed by atoms with Crippen molar-refractivity contribution in [2.24, 2.45) is 20.2 Å². The van der Waals surface area contributed by atoms with Crippen LogP contribution in [0.5, 0.6) is 0 Å². The Bertz CT molecular complexity index is 385. The monoisotopic (exact) mass is 278 g/mol. The topological polar surface area (TPSA) is 80.0 Å².